The molecule has 2 N–H and O–H groups in total. The van der Waals surface area contributed by atoms with Crippen molar-refractivity contribution in [3.05, 3.63) is 23.7 Å². The molecular weight excluding hydrogens is 180 g/mol. The molecule has 1 aromatic rings. The van der Waals surface area contributed by atoms with Crippen molar-refractivity contribution in [1.29, 1.82) is 0 Å². The van der Waals surface area contributed by atoms with Gasteiger partial charge in [-0.3, -0.25) is 5.32 Å². The van der Waals surface area contributed by atoms with E-state index in [1.807, 2.05) is 0 Å². The summed E-state index contributed by atoms with van der Waals surface area (Å²) in [6, 6.07) is 0.463. The molecule has 3 rings (SSSR count). The van der Waals surface area contributed by atoms with Gasteiger partial charge in [0.05, 0.1) is 0 Å². The zero-order chi connectivity index (χ0) is 9.38. The van der Waals surface area contributed by atoms with E-state index in [0.29, 0.717) is 6.04 Å². The van der Waals surface area contributed by atoms with Crippen LogP contribution in [0.4, 0.5) is 0 Å². The van der Waals surface area contributed by atoms with Gasteiger partial charge in [0.1, 0.15) is 11.9 Å². The summed E-state index contributed by atoms with van der Waals surface area (Å²) in [5, 5.41) is 14.2. The van der Waals surface area contributed by atoms with Crippen LogP contribution in [0.3, 0.4) is 0 Å². The number of hydrogen-bond donors (Lipinski definition) is 2. The Labute approximate surface area is 81.5 Å². The molecule has 1 aromatic heterocycles. The van der Waals surface area contributed by atoms with Gasteiger partial charge in [-0.05, 0) is 19.3 Å². The number of hydrogen-bond acceptors (Lipinski definition) is 5. The Balaban J connectivity index is 1.81. The van der Waals surface area contributed by atoms with Gasteiger partial charge >= 0.3 is 0 Å². The monoisotopic (exact) mass is 192 g/mol. The van der Waals surface area contributed by atoms with Crippen molar-refractivity contribution >= 4 is 0 Å². The molecule has 1 saturated heterocycles. The number of aromatic nitrogens is 2. The zero-order valence-corrected chi connectivity index (χ0v) is 7.73. The van der Waals surface area contributed by atoms with Gasteiger partial charge in [-0.2, -0.15) is 0 Å². The van der Waals surface area contributed by atoms with E-state index < -0.39 is 0 Å². The molecule has 1 fully saturated rings. The molecule has 0 radical (unpaired) electrons. The maximum Gasteiger partial charge on any atom is 0.151 e. The first-order chi connectivity index (χ1) is 6.93. The molecule has 0 amide bonds. The van der Waals surface area contributed by atoms with E-state index in [1.165, 1.54) is 25.0 Å². The number of nitrogens with one attached hydrogen (secondary N) is 2. The Morgan fingerprint density at radius 2 is 2.50 bits per heavy atom. The fourth-order valence-corrected chi connectivity index (χ4v) is 2.08. The summed E-state index contributed by atoms with van der Waals surface area (Å²) in [5.41, 5.74) is 2.12. The lowest BCUT2D eigenvalue weighted by atomic mass is 10.0. The standard InChI is InChI=1S/C9H12N4O/c1-2-4-7-6(3-1)10-9(11-7)8-5-14-13-12-8/h3,5,7,9-11H,1-2,4H2. The molecule has 0 saturated carbocycles. The molecule has 5 heteroatoms. The van der Waals surface area contributed by atoms with Crippen LogP contribution in [0, 0.1) is 0 Å². The lowest BCUT2D eigenvalue weighted by Gasteiger charge is -2.15. The molecule has 0 aromatic carbocycles. The lowest BCUT2D eigenvalue weighted by Crippen LogP contribution is -2.26. The third-order valence-electron chi connectivity index (χ3n) is 2.79. The minimum atomic E-state index is 0.0654. The van der Waals surface area contributed by atoms with Gasteiger partial charge in [-0.15, -0.1) is 5.10 Å². The first-order valence-corrected chi connectivity index (χ1v) is 4.93. The Morgan fingerprint density at radius 3 is 3.29 bits per heavy atom. The minimum Gasteiger partial charge on any atom is -0.367 e. The summed E-state index contributed by atoms with van der Waals surface area (Å²) < 4.78 is 4.72. The zero-order valence-electron chi connectivity index (χ0n) is 7.73. The number of allylic oxidation sites excluding steroid dienone is 1. The van der Waals surface area contributed by atoms with E-state index in [9.17, 15) is 0 Å². The highest BCUT2D eigenvalue weighted by Gasteiger charge is 2.31. The lowest BCUT2D eigenvalue weighted by molar-refractivity contribution is 0.392. The normalized spacial score (nSPS) is 30.7. The van der Waals surface area contributed by atoms with Crippen LogP contribution in [0.5, 0.6) is 0 Å². The van der Waals surface area contributed by atoms with Crippen molar-refractivity contribution in [3.8, 4) is 0 Å². The number of fused-ring (bicyclic) bond motifs is 1. The first-order valence-electron chi connectivity index (χ1n) is 4.93. The molecule has 2 heterocycles. The molecule has 2 unspecified atom stereocenters. The van der Waals surface area contributed by atoms with Gasteiger partial charge in [0.2, 0.25) is 0 Å². The SMILES string of the molecule is C1=C2NC(c3conn3)NC2CCC1. The Bertz CT molecular complexity index is 346. The van der Waals surface area contributed by atoms with Crippen LogP contribution in [0.25, 0.3) is 0 Å². The van der Waals surface area contributed by atoms with Gasteiger partial charge in [-0.25, -0.2) is 0 Å². The minimum absolute atomic E-state index is 0.0654. The van der Waals surface area contributed by atoms with Crippen LogP contribution < -0.4 is 10.6 Å². The summed E-state index contributed by atoms with van der Waals surface area (Å²) in [5.74, 6) is 0. The molecule has 14 heavy (non-hydrogen) atoms. The van der Waals surface area contributed by atoms with Crippen LogP contribution in [0.2, 0.25) is 0 Å². The van der Waals surface area contributed by atoms with Crippen molar-refractivity contribution in [2.75, 3.05) is 0 Å². The molecule has 5 nitrogen and oxygen atoms in total. The summed E-state index contributed by atoms with van der Waals surface area (Å²) in [6.45, 7) is 0. The highest BCUT2D eigenvalue weighted by molar-refractivity contribution is 5.20. The van der Waals surface area contributed by atoms with E-state index in [-0.39, 0.29) is 6.17 Å². The van der Waals surface area contributed by atoms with Crippen molar-refractivity contribution < 1.29 is 4.52 Å². The molecular formula is C9H12N4O. The van der Waals surface area contributed by atoms with Crippen LogP contribution >= 0.6 is 0 Å². The quantitative estimate of drug-likeness (QED) is 0.685. The summed E-state index contributed by atoms with van der Waals surface area (Å²) in [6.07, 6.45) is 7.52. The Hall–Kier alpha value is -1.36. The molecule has 74 valence electrons. The largest absolute Gasteiger partial charge is 0.367 e. The molecule has 0 spiro atoms. The second-order valence-corrected chi connectivity index (χ2v) is 3.72. The van der Waals surface area contributed by atoms with E-state index in [1.54, 1.807) is 6.26 Å². The van der Waals surface area contributed by atoms with Crippen molar-refractivity contribution in [3.63, 3.8) is 0 Å². The predicted molar refractivity (Wildman–Crippen MR) is 49.0 cm³/mol. The Morgan fingerprint density at radius 1 is 1.50 bits per heavy atom. The fourth-order valence-electron chi connectivity index (χ4n) is 2.08. The summed E-state index contributed by atoms with van der Waals surface area (Å²) in [7, 11) is 0. The molecule has 2 atom stereocenters. The van der Waals surface area contributed by atoms with Gasteiger partial charge in [0.25, 0.3) is 0 Å². The molecule has 1 aliphatic carbocycles. The maximum absolute atomic E-state index is 4.72. The molecule has 0 bridgehead atoms. The van der Waals surface area contributed by atoms with Crippen LogP contribution in [-0.2, 0) is 0 Å². The van der Waals surface area contributed by atoms with Gasteiger partial charge in [0, 0.05) is 17.0 Å². The van der Waals surface area contributed by atoms with E-state index >= 15 is 0 Å². The number of nitrogens with zero attached hydrogens (tertiary/aromatic N) is 2. The Kier molecular flexibility index (Phi) is 1.77. The van der Waals surface area contributed by atoms with Crippen molar-refractivity contribution in [2.45, 2.75) is 31.5 Å². The topological polar surface area (TPSA) is 63.0 Å². The van der Waals surface area contributed by atoms with E-state index in [0.717, 1.165) is 5.69 Å². The number of rotatable bonds is 1. The average Bonchev–Trinajstić information content (AvgIpc) is 2.86. The fraction of sp³-hybridized carbons (Fsp3) is 0.556. The van der Waals surface area contributed by atoms with Gasteiger partial charge < -0.3 is 9.84 Å². The van der Waals surface area contributed by atoms with Gasteiger partial charge in [-0.1, -0.05) is 6.08 Å². The maximum atomic E-state index is 4.72. The molecule has 1 aliphatic heterocycles. The van der Waals surface area contributed by atoms with Crippen LogP contribution in [-0.4, -0.2) is 16.4 Å². The second kappa shape index (κ2) is 3.09. The highest BCUT2D eigenvalue weighted by atomic mass is 16.5. The first kappa shape index (κ1) is 7.99. The van der Waals surface area contributed by atoms with Crippen LogP contribution in [0.1, 0.15) is 31.1 Å². The summed E-state index contributed by atoms with van der Waals surface area (Å²) in [4.78, 5) is 0. The third-order valence-corrected chi connectivity index (χ3v) is 2.79. The summed E-state index contributed by atoms with van der Waals surface area (Å²) >= 11 is 0. The molecule has 2 aliphatic rings. The smallest absolute Gasteiger partial charge is 0.151 e. The second-order valence-electron chi connectivity index (χ2n) is 3.72. The van der Waals surface area contributed by atoms with Crippen molar-refractivity contribution in [1.82, 2.24) is 21.0 Å². The van der Waals surface area contributed by atoms with Crippen LogP contribution in [0.15, 0.2) is 22.6 Å². The predicted octanol–water partition coefficient (Wildman–Crippen LogP) is 0.697. The highest BCUT2D eigenvalue weighted by Crippen LogP contribution is 2.26. The average molecular weight is 192 g/mol. The van der Waals surface area contributed by atoms with Crippen molar-refractivity contribution in [2.24, 2.45) is 0 Å². The van der Waals surface area contributed by atoms with E-state index in [2.05, 4.69) is 27.1 Å². The van der Waals surface area contributed by atoms with Gasteiger partial charge in [0.15, 0.2) is 6.26 Å². The van der Waals surface area contributed by atoms with E-state index in [4.69, 9.17) is 4.52 Å². The third kappa shape index (κ3) is 1.21.